The molecule has 0 unspecified atom stereocenters. The first-order valence-electron chi connectivity index (χ1n) is 10.2. The molecule has 2 aromatic rings. The highest BCUT2D eigenvalue weighted by Gasteiger charge is 2.43. The second-order valence-electron chi connectivity index (χ2n) is 8.08. The van der Waals surface area contributed by atoms with E-state index in [0.29, 0.717) is 12.1 Å². The minimum absolute atomic E-state index is 0.0251. The van der Waals surface area contributed by atoms with Gasteiger partial charge in [0.15, 0.2) is 28.9 Å². The van der Waals surface area contributed by atoms with E-state index in [1.807, 2.05) is 0 Å². The van der Waals surface area contributed by atoms with Gasteiger partial charge in [0.25, 0.3) is 5.91 Å². The van der Waals surface area contributed by atoms with Gasteiger partial charge in [-0.1, -0.05) is 0 Å². The van der Waals surface area contributed by atoms with E-state index in [1.165, 1.54) is 19.0 Å². The standard InChI is InChI=1S/C20H20F3N5O6S/c1-24-19(30)20(31)28-5-9-8-34-17-14(35(32,33)26-13(9)6-28)7-27(2)16(17)18(29)25-10-3-11(21)15(23)12(22)4-10/h3-4,7,9,13,26H,5-6,8H2,1-2H3,(H,24,30)(H,25,29)/t9-,13-/m1/s1. The van der Waals surface area contributed by atoms with E-state index in [4.69, 9.17) is 4.74 Å². The van der Waals surface area contributed by atoms with Crippen molar-refractivity contribution in [1.29, 1.82) is 0 Å². The molecule has 0 saturated carbocycles. The number of benzene rings is 1. The van der Waals surface area contributed by atoms with Gasteiger partial charge in [-0.25, -0.2) is 26.3 Å². The summed E-state index contributed by atoms with van der Waals surface area (Å²) in [5, 5.41) is 4.41. The molecule has 3 amide bonds. The van der Waals surface area contributed by atoms with Gasteiger partial charge in [0.05, 0.1) is 6.61 Å². The fraction of sp³-hybridized carbons (Fsp3) is 0.350. The summed E-state index contributed by atoms with van der Waals surface area (Å²) >= 11 is 0. The van der Waals surface area contributed by atoms with Crippen LogP contribution in [0, 0.1) is 23.4 Å². The van der Waals surface area contributed by atoms with E-state index in [0.717, 1.165) is 10.8 Å². The van der Waals surface area contributed by atoms with Crippen molar-refractivity contribution in [2.45, 2.75) is 10.9 Å². The smallest absolute Gasteiger partial charge is 0.311 e. The number of aryl methyl sites for hydroxylation is 1. The van der Waals surface area contributed by atoms with Crippen LogP contribution in [0.25, 0.3) is 0 Å². The summed E-state index contributed by atoms with van der Waals surface area (Å²) in [6.45, 7) is -0.143. The van der Waals surface area contributed by atoms with Gasteiger partial charge < -0.3 is 24.8 Å². The Kier molecular flexibility index (Phi) is 6.23. The Morgan fingerprint density at radius 1 is 1.14 bits per heavy atom. The number of ether oxygens (including phenoxy) is 1. The fourth-order valence-electron chi connectivity index (χ4n) is 4.03. The Morgan fingerprint density at radius 2 is 1.80 bits per heavy atom. The molecule has 3 heterocycles. The molecule has 15 heteroatoms. The maximum Gasteiger partial charge on any atom is 0.311 e. The number of anilines is 1. The zero-order chi connectivity index (χ0) is 25.7. The number of nitrogens with one attached hydrogen (secondary N) is 3. The lowest BCUT2D eigenvalue weighted by Gasteiger charge is -2.23. The molecule has 2 aliphatic rings. The first kappa shape index (κ1) is 24.5. The predicted molar refractivity (Wildman–Crippen MR) is 113 cm³/mol. The molecular weight excluding hydrogens is 495 g/mol. The number of aromatic nitrogens is 1. The van der Waals surface area contributed by atoms with Crippen molar-refractivity contribution >= 4 is 33.4 Å². The summed E-state index contributed by atoms with van der Waals surface area (Å²) in [5.74, 6) is -8.23. The van der Waals surface area contributed by atoms with Crippen molar-refractivity contribution in [2.75, 3.05) is 32.1 Å². The van der Waals surface area contributed by atoms with E-state index in [1.54, 1.807) is 0 Å². The maximum atomic E-state index is 13.5. The Labute approximate surface area is 197 Å². The molecule has 1 aromatic carbocycles. The number of likely N-dealkylation sites (N-methyl/N-ethyl adjacent to an activating group) is 1. The van der Waals surface area contributed by atoms with Gasteiger partial charge in [-0.2, -0.15) is 0 Å². The molecule has 2 aliphatic heterocycles. The second-order valence-corrected chi connectivity index (χ2v) is 9.76. The number of hydrogen-bond acceptors (Lipinski definition) is 6. The van der Waals surface area contributed by atoms with Crippen LogP contribution in [0.2, 0.25) is 0 Å². The monoisotopic (exact) mass is 515 g/mol. The molecule has 35 heavy (non-hydrogen) atoms. The van der Waals surface area contributed by atoms with Crippen LogP contribution in [0.5, 0.6) is 5.75 Å². The molecule has 188 valence electrons. The van der Waals surface area contributed by atoms with Crippen LogP contribution in [0.1, 0.15) is 10.5 Å². The van der Waals surface area contributed by atoms with Crippen molar-refractivity contribution in [3.05, 3.63) is 41.5 Å². The third kappa shape index (κ3) is 4.43. The van der Waals surface area contributed by atoms with Gasteiger partial charge in [0.1, 0.15) is 4.90 Å². The topological polar surface area (TPSA) is 139 Å². The van der Waals surface area contributed by atoms with Crippen molar-refractivity contribution in [3.8, 4) is 5.75 Å². The van der Waals surface area contributed by atoms with Gasteiger partial charge >= 0.3 is 11.8 Å². The van der Waals surface area contributed by atoms with E-state index >= 15 is 0 Å². The number of halogens is 3. The molecule has 0 bridgehead atoms. The van der Waals surface area contributed by atoms with Gasteiger partial charge in [0, 0.05) is 63.2 Å². The van der Waals surface area contributed by atoms with Crippen LogP contribution in [-0.4, -0.2) is 68.4 Å². The van der Waals surface area contributed by atoms with Gasteiger partial charge in [-0.15, -0.1) is 0 Å². The van der Waals surface area contributed by atoms with Gasteiger partial charge in [-0.3, -0.25) is 14.4 Å². The number of rotatable bonds is 2. The highest BCUT2D eigenvalue weighted by atomic mass is 32.2. The van der Waals surface area contributed by atoms with Gasteiger partial charge in [-0.05, 0) is 0 Å². The first-order valence-corrected chi connectivity index (χ1v) is 11.7. The predicted octanol–water partition coefficient (Wildman–Crippen LogP) is -0.0616. The van der Waals surface area contributed by atoms with E-state index in [9.17, 15) is 36.0 Å². The molecule has 4 rings (SSSR count). The van der Waals surface area contributed by atoms with Crippen molar-refractivity contribution in [1.82, 2.24) is 19.5 Å². The zero-order valence-corrected chi connectivity index (χ0v) is 19.2. The molecule has 1 fully saturated rings. The average molecular weight is 515 g/mol. The third-order valence-corrected chi connectivity index (χ3v) is 7.23. The Balaban J connectivity index is 1.63. The molecule has 0 spiro atoms. The van der Waals surface area contributed by atoms with Crippen LogP contribution in [0.15, 0.2) is 23.2 Å². The number of hydrogen-bond donors (Lipinski definition) is 3. The Morgan fingerprint density at radius 3 is 2.43 bits per heavy atom. The number of sulfonamides is 1. The molecule has 2 atom stereocenters. The molecule has 1 aromatic heterocycles. The maximum absolute atomic E-state index is 13.5. The van der Waals surface area contributed by atoms with E-state index < -0.39 is 62.8 Å². The third-order valence-electron chi connectivity index (χ3n) is 5.75. The summed E-state index contributed by atoms with van der Waals surface area (Å²) < 4.78 is 75.8. The molecule has 3 N–H and O–H groups in total. The summed E-state index contributed by atoms with van der Waals surface area (Å²) in [5.41, 5.74) is -0.669. The molecular formula is C20H20F3N5O6S. The summed E-state index contributed by atoms with van der Waals surface area (Å²) in [6.07, 6.45) is 1.13. The Bertz CT molecular complexity index is 1320. The number of likely N-dealkylation sites (tertiary alicyclic amines) is 1. The SMILES string of the molecule is CNC(=O)C(=O)N1C[C@@H]2COc3c(cn(C)c3C(=O)Nc3cc(F)c(F)c(F)c3)S(=O)(=O)N[C@@H]2C1. The molecule has 11 nitrogen and oxygen atoms in total. The highest BCUT2D eigenvalue weighted by molar-refractivity contribution is 7.89. The van der Waals surface area contributed by atoms with Crippen LogP contribution in [0.3, 0.4) is 0 Å². The lowest BCUT2D eigenvalue weighted by Crippen LogP contribution is -2.44. The van der Waals surface area contributed by atoms with Crippen LogP contribution >= 0.6 is 0 Å². The molecule has 0 aliphatic carbocycles. The van der Waals surface area contributed by atoms with Crippen molar-refractivity contribution in [3.63, 3.8) is 0 Å². The number of carbonyl (C=O) groups excluding carboxylic acids is 3. The van der Waals surface area contributed by atoms with Crippen molar-refractivity contribution < 1.29 is 40.7 Å². The second kappa shape index (κ2) is 8.88. The molecule has 1 saturated heterocycles. The van der Waals surface area contributed by atoms with Crippen LogP contribution in [-0.2, 0) is 26.7 Å². The fourth-order valence-corrected chi connectivity index (χ4v) is 5.52. The van der Waals surface area contributed by atoms with Gasteiger partial charge in [0.2, 0.25) is 10.0 Å². The summed E-state index contributed by atoms with van der Waals surface area (Å²) in [7, 11) is -1.58. The number of amides is 3. The molecule has 0 radical (unpaired) electrons. The Hall–Kier alpha value is -3.59. The summed E-state index contributed by atoms with van der Waals surface area (Å²) in [4.78, 5) is 37.6. The zero-order valence-electron chi connectivity index (χ0n) is 18.4. The minimum atomic E-state index is -4.24. The normalized spacial score (nSPS) is 20.7. The van der Waals surface area contributed by atoms with E-state index in [-0.39, 0.29) is 36.0 Å². The average Bonchev–Trinajstić information content (AvgIpc) is 3.34. The quantitative estimate of drug-likeness (QED) is 0.378. The minimum Gasteiger partial charge on any atom is -0.489 e. The summed E-state index contributed by atoms with van der Waals surface area (Å²) in [6, 6.07) is 0.399. The van der Waals surface area contributed by atoms with Crippen LogP contribution in [0.4, 0.5) is 18.9 Å². The van der Waals surface area contributed by atoms with E-state index in [2.05, 4.69) is 15.4 Å². The number of fused-ring (bicyclic) bond motifs is 2. The van der Waals surface area contributed by atoms with Crippen LogP contribution < -0.4 is 20.1 Å². The number of nitrogens with zero attached hydrogens (tertiary/aromatic N) is 2. The first-order chi connectivity index (χ1) is 16.4. The highest BCUT2D eigenvalue weighted by Crippen LogP contribution is 2.34. The largest absolute Gasteiger partial charge is 0.489 e. The lowest BCUT2D eigenvalue weighted by molar-refractivity contribution is -0.145. The van der Waals surface area contributed by atoms with Crippen molar-refractivity contribution in [2.24, 2.45) is 13.0 Å². The lowest BCUT2D eigenvalue weighted by atomic mass is 10.1. The number of carbonyl (C=O) groups is 3.